The van der Waals surface area contributed by atoms with Gasteiger partial charge in [0.15, 0.2) is 0 Å². The molecule has 0 radical (unpaired) electrons. The molecule has 4 N–H and O–H groups in total. The number of amides is 1. The third-order valence-corrected chi connectivity index (χ3v) is 3.03. The van der Waals surface area contributed by atoms with E-state index < -0.39 is 11.9 Å². The van der Waals surface area contributed by atoms with Gasteiger partial charge in [-0.1, -0.05) is 18.2 Å². The van der Waals surface area contributed by atoms with E-state index >= 15 is 0 Å². The van der Waals surface area contributed by atoms with Crippen molar-refractivity contribution in [3.05, 3.63) is 35.6 Å². The summed E-state index contributed by atoms with van der Waals surface area (Å²) in [5, 5.41) is 13.0. The molecule has 1 aromatic heterocycles. The van der Waals surface area contributed by atoms with Crippen molar-refractivity contribution in [2.75, 3.05) is 0 Å². The second-order valence-electron chi connectivity index (χ2n) is 4.66. The first-order valence-corrected chi connectivity index (χ1v) is 6.24. The van der Waals surface area contributed by atoms with Gasteiger partial charge in [0, 0.05) is 30.0 Å². The number of para-hydroxylation sites is 1. The van der Waals surface area contributed by atoms with Crippen LogP contribution in [0.2, 0.25) is 0 Å². The molecule has 1 atom stereocenters. The summed E-state index contributed by atoms with van der Waals surface area (Å²) in [6.45, 7) is 2.11. The quantitative estimate of drug-likeness (QED) is 0.741. The van der Waals surface area contributed by atoms with Crippen molar-refractivity contribution in [3.8, 4) is 0 Å². The van der Waals surface area contributed by atoms with E-state index in [1.165, 1.54) is 0 Å². The number of rotatable bonds is 6. The highest BCUT2D eigenvalue weighted by atomic mass is 16.4. The average molecular weight is 276 g/mol. The predicted octanol–water partition coefficient (Wildman–Crippen LogP) is 1.48. The summed E-state index contributed by atoms with van der Waals surface area (Å²) in [5.41, 5.74) is 6.22. The highest BCUT2D eigenvalue weighted by molar-refractivity contribution is 5.95. The van der Waals surface area contributed by atoms with E-state index in [0.717, 1.165) is 5.39 Å². The van der Waals surface area contributed by atoms with Crippen LogP contribution in [0, 0.1) is 0 Å². The molecule has 1 unspecified atom stereocenters. The van der Waals surface area contributed by atoms with Crippen molar-refractivity contribution >= 4 is 22.8 Å². The zero-order chi connectivity index (χ0) is 14.7. The maximum Gasteiger partial charge on any atom is 0.372 e. The maximum atomic E-state index is 11.2. The molecule has 1 amide bonds. The Balaban J connectivity index is 2.25. The number of hydrogen-bond acceptors (Lipinski definition) is 4. The number of primary amides is 1. The van der Waals surface area contributed by atoms with Gasteiger partial charge in [-0.15, -0.1) is 0 Å². The fraction of sp³-hybridized carbons (Fsp3) is 0.286. The lowest BCUT2D eigenvalue weighted by molar-refractivity contribution is -0.118. The molecule has 20 heavy (non-hydrogen) atoms. The predicted molar refractivity (Wildman–Crippen MR) is 73.3 cm³/mol. The van der Waals surface area contributed by atoms with E-state index in [1.807, 2.05) is 13.0 Å². The van der Waals surface area contributed by atoms with E-state index in [0.29, 0.717) is 17.7 Å². The fourth-order valence-corrected chi connectivity index (χ4v) is 2.10. The Morgan fingerprint density at radius 3 is 2.75 bits per heavy atom. The lowest BCUT2D eigenvalue weighted by Crippen LogP contribution is -2.30. The highest BCUT2D eigenvalue weighted by Crippen LogP contribution is 2.25. The molecule has 6 heteroatoms. The normalized spacial score (nSPS) is 12.4. The number of carboxylic acids is 1. The van der Waals surface area contributed by atoms with E-state index in [-0.39, 0.29) is 18.2 Å². The van der Waals surface area contributed by atoms with Crippen LogP contribution in [0.25, 0.3) is 11.0 Å². The first-order valence-electron chi connectivity index (χ1n) is 6.24. The molecule has 0 aliphatic heterocycles. The smallest absolute Gasteiger partial charge is 0.372 e. The van der Waals surface area contributed by atoms with Crippen molar-refractivity contribution in [1.29, 1.82) is 0 Å². The number of carbonyl (C=O) groups is 2. The van der Waals surface area contributed by atoms with E-state index in [2.05, 4.69) is 5.32 Å². The first kappa shape index (κ1) is 14.1. The number of fused-ring (bicyclic) bond motifs is 1. The van der Waals surface area contributed by atoms with Gasteiger partial charge in [0.05, 0.1) is 0 Å². The van der Waals surface area contributed by atoms with Crippen LogP contribution in [-0.4, -0.2) is 23.0 Å². The summed E-state index contributed by atoms with van der Waals surface area (Å²) < 4.78 is 5.34. The molecule has 2 aromatic rings. The van der Waals surface area contributed by atoms with Gasteiger partial charge in [-0.05, 0) is 13.0 Å². The van der Waals surface area contributed by atoms with Gasteiger partial charge >= 0.3 is 5.97 Å². The van der Waals surface area contributed by atoms with Gasteiger partial charge in [-0.2, -0.15) is 0 Å². The molecule has 0 saturated heterocycles. The van der Waals surface area contributed by atoms with Crippen LogP contribution >= 0.6 is 0 Å². The molecule has 1 aromatic carbocycles. The summed E-state index contributed by atoms with van der Waals surface area (Å²) >= 11 is 0. The van der Waals surface area contributed by atoms with Crippen LogP contribution in [0.15, 0.2) is 28.7 Å². The summed E-state index contributed by atoms with van der Waals surface area (Å²) in [6, 6.07) is 6.99. The minimum absolute atomic E-state index is 0.0787. The van der Waals surface area contributed by atoms with E-state index in [4.69, 9.17) is 10.2 Å². The Morgan fingerprint density at radius 2 is 2.10 bits per heavy atom. The van der Waals surface area contributed by atoms with Crippen molar-refractivity contribution in [3.63, 3.8) is 0 Å². The topological polar surface area (TPSA) is 106 Å². The van der Waals surface area contributed by atoms with E-state index in [9.17, 15) is 14.7 Å². The molecule has 106 valence electrons. The molecule has 0 fully saturated rings. The van der Waals surface area contributed by atoms with Gasteiger partial charge in [0.25, 0.3) is 0 Å². The lowest BCUT2D eigenvalue weighted by atomic mass is 10.1. The van der Waals surface area contributed by atoms with Gasteiger partial charge in [0.2, 0.25) is 11.7 Å². The number of aromatic carboxylic acids is 1. The summed E-state index contributed by atoms with van der Waals surface area (Å²) in [6.07, 6.45) is 0.193. The number of benzene rings is 1. The summed E-state index contributed by atoms with van der Waals surface area (Å²) in [5.74, 6) is -1.59. The molecule has 1 heterocycles. The van der Waals surface area contributed by atoms with Gasteiger partial charge < -0.3 is 20.6 Å². The number of nitrogens with one attached hydrogen (secondary N) is 1. The standard InChI is InChI=1S/C14H16N2O4/c1-8(6-12(15)17)16-7-10-9-4-2-3-5-11(9)20-13(10)14(18)19/h2-5,8,16H,6-7H2,1H3,(H2,15,17)(H,18,19). The number of hydrogen-bond donors (Lipinski definition) is 3. The maximum absolute atomic E-state index is 11.2. The van der Waals surface area contributed by atoms with Crippen LogP contribution in [0.5, 0.6) is 0 Å². The second kappa shape index (κ2) is 5.75. The zero-order valence-electron chi connectivity index (χ0n) is 11.1. The summed E-state index contributed by atoms with van der Waals surface area (Å²) in [7, 11) is 0. The minimum Gasteiger partial charge on any atom is -0.475 e. The van der Waals surface area contributed by atoms with Crippen LogP contribution < -0.4 is 11.1 Å². The molecule has 0 bridgehead atoms. The SMILES string of the molecule is CC(CC(N)=O)NCc1c(C(=O)O)oc2ccccc12. The number of nitrogens with two attached hydrogens (primary N) is 1. The molecule has 0 aliphatic carbocycles. The summed E-state index contributed by atoms with van der Waals surface area (Å²) in [4.78, 5) is 22.0. The van der Waals surface area contributed by atoms with Gasteiger partial charge in [0.1, 0.15) is 5.58 Å². The third-order valence-electron chi connectivity index (χ3n) is 3.03. The number of carboxylic acid groups (broad SMARTS) is 1. The van der Waals surface area contributed by atoms with Gasteiger partial charge in [-0.25, -0.2) is 4.79 Å². The van der Waals surface area contributed by atoms with Crippen molar-refractivity contribution < 1.29 is 19.1 Å². The Bertz CT molecular complexity index is 648. The van der Waals surface area contributed by atoms with E-state index in [1.54, 1.807) is 18.2 Å². The fourth-order valence-electron chi connectivity index (χ4n) is 2.10. The molecular weight excluding hydrogens is 260 g/mol. The van der Waals surface area contributed by atoms with Crippen LogP contribution in [0.1, 0.15) is 29.5 Å². The molecule has 0 spiro atoms. The number of carbonyl (C=O) groups excluding carboxylic acids is 1. The molecule has 0 aliphatic rings. The third kappa shape index (κ3) is 2.97. The van der Waals surface area contributed by atoms with Gasteiger partial charge in [-0.3, -0.25) is 4.79 Å². The van der Waals surface area contributed by atoms with Crippen molar-refractivity contribution in [2.45, 2.75) is 25.9 Å². The molecular formula is C14H16N2O4. The average Bonchev–Trinajstić information content (AvgIpc) is 2.74. The van der Waals surface area contributed by atoms with Crippen LogP contribution in [0.3, 0.4) is 0 Å². The monoisotopic (exact) mass is 276 g/mol. The van der Waals surface area contributed by atoms with Crippen molar-refractivity contribution in [1.82, 2.24) is 5.32 Å². The zero-order valence-corrected chi connectivity index (χ0v) is 11.1. The largest absolute Gasteiger partial charge is 0.475 e. The minimum atomic E-state index is -1.11. The molecule has 6 nitrogen and oxygen atoms in total. The Kier molecular flexibility index (Phi) is 4.05. The highest BCUT2D eigenvalue weighted by Gasteiger charge is 2.20. The second-order valence-corrected chi connectivity index (χ2v) is 4.66. The number of furan rings is 1. The Labute approximate surface area is 115 Å². The Morgan fingerprint density at radius 1 is 1.40 bits per heavy atom. The molecule has 2 rings (SSSR count). The Hall–Kier alpha value is -2.34. The van der Waals surface area contributed by atoms with Crippen LogP contribution in [0.4, 0.5) is 0 Å². The molecule has 0 saturated carbocycles. The first-order chi connectivity index (χ1) is 9.49. The van der Waals surface area contributed by atoms with Crippen LogP contribution in [-0.2, 0) is 11.3 Å². The lowest BCUT2D eigenvalue weighted by Gasteiger charge is -2.11. The van der Waals surface area contributed by atoms with Crippen molar-refractivity contribution in [2.24, 2.45) is 5.73 Å².